The van der Waals surface area contributed by atoms with Gasteiger partial charge in [0.25, 0.3) is 0 Å². The summed E-state index contributed by atoms with van der Waals surface area (Å²) in [5, 5.41) is 2.95. The van der Waals surface area contributed by atoms with Gasteiger partial charge in [0, 0.05) is 25.6 Å². The van der Waals surface area contributed by atoms with Gasteiger partial charge in [-0.3, -0.25) is 4.79 Å². The molecule has 2 unspecified atom stereocenters. The van der Waals surface area contributed by atoms with Gasteiger partial charge >= 0.3 is 0 Å². The van der Waals surface area contributed by atoms with Gasteiger partial charge in [0.15, 0.2) is 0 Å². The van der Waals surface area contributed by atoms with Crippen LogP contribution in [0.3, 0.4) is 0 Å². The van der Waals surface area contributed by atoms with Crippen LogP contribution in [0.5, 0.6) is 0 Å². The first kappa shape index (κ1) is 20.7. The van der Waals surface area contributed by atoms with Crippen LogP contribution in [-0.2, 0) is 20.8 Å². The van der Waals surface area contributed by atoms with Gasteiger partial charge in [0.1, 0.15) is 7.85 Å². The molecule has 4 nitrogen and oxygen atoms in total. The highest BCUT2D eigenvalue weighted by Crippen LogP contribution is 2.23. The van der Waals surface area contributed by atoms with Crippen LogP contribution in [0.1, 0.15) is 63.3 Å². The molecule has 0 saturated carbocycles. The molecule has 1 amide bonds. The topological polar surface area (TPSA) is 47.6 Å². The maximum Gasteiger partial charge on any atom is 0.220 e. The molecular weight excluding hydrogens is 301 g/mol. The minimum absolute atomic E-state index is 0.0457. The second-order valence-electron chi connectivity index (χ2n) is 6.47. The lowest BCUT2D eigenvalue weighted by Gasteiger charge is -2.20. The quantitative estimate of drug-likeness (QED) is 0.528. The molecule has 1 aromatic carbocycles. The smallest absolute Gasteiger partial charge is 0.220 e. The summed E-state index contributed by atoms with van der Waals surface area (Å²) in [6, 6.07) is 5.84. The van der Waals surface area contributed by atoms with Gasteiger partial charge in [0.2, 0.25) is 5.91 Å². The molecule has 132 valence electrons. The molecule has 1 N–H and O–H groups in total. The van der Waals surface area contributed by atoms with E-state index in [0.29, 0.717) is 19.6 Å². The van der Waals surface area contributed by atoms with Crippen LogP contribution in [-0.4, -0.2) is 32.5 Å². The van der Waals surface area contributed by atoms with Gasteiger partial charge in [-0.05, 0) is 57.7 Å². The number of rotatable bonds is 10. The number of ether oxygens (including phenoxy) is 2. The average molecular weight is 331 g/mol. The first-order chi connectivity index (χ1) is 11.3. The minimum Gasteiger partial charge on any atom is -0.381 e. The molecule has 0 heterocycles. The summed E-state index contributed by atoms with van der Waals surface area (Å²) >= 11 is 0. The zero-order chi connectivity index (χ0) is 18.1. The monoisotopic (exact) mass is 331 g/mol. The Bertz CT molecular complexity index is 517. The van der Waals surface area contributed by atoms with E-state index < -0.39 is 0 Å². The zero-order valence-corrected chi connectivity index (χ0v) is 15.6. The second-order valence-corrected chi connectivity index (χ2v) is 6.47. The Morgan fingerprint density at radius 2 is 1.96 bits per heavy atom. The normalized spacial score (nSPS) is 13.8. The number of hydrogen-bond donors (Lipinski definition) is 1. The van der Waals surface area contributed by atoms with Crippen molar-refractivity contribution in [1.82, 2.24) is 5.32 Å². The highest BCUT2D eigenvalue weighted by Gasteiger charge is 2.11. The fourth-order valence-electron chi connectivity index (χ4n) is 2.47. The van der Waals surface area contributed by atoms with Crippen molar-refractivity contribution in [3.63, 3.8) is 0 Å². The Labute approximate surface area is 147 Å². The lowest BCUT2D eigenvalue weighted by Crippen LogP contribution is -2.23. The highest BCUT2D eigenvalue weighted by atomic mass is 16.5. The van der Waals surface area contributed by atoms with Crippen LogP contribution in [0, 0.1) is 6.92 Å². The van der Waals surface area contributed by atoms with Crippen LogP contribution < -0.4 is 5.32 Å². The maximum absolute atomic E-state index is 11.9. The van der Waals surface area contributed by atoms with Crippen molar-refractivity contribution < 1.29 is 14.3 Å². The lowest BCUT2D eigenvalue weighted by molar-refractivity contribution is -0.121. The van der Waals surface area contributed by atoms with Crippen molar-refractivity contribution in [2.24, 2.45) is 0 Å². The van der Waals surface area contributed by atoms with E-state index >= 15 is 0 Å². The Hall–Kier alpha value is -1.33. The van der Waals surface area contributed by atoms with Gasteiger partial charge < -0.3 is 14.8 Å². The highest BCUT2D eigenvalue weighted by molar-refractivity contribution is 6.10. The molecule has 0 aliphatic rings. The van der Waals surface area contributed by atoms with Gasteiger partial charge in [-0.1, -0.05) is 18.2 Å². The Morgan fingerprint density at radius 1 is 1.25 bits per heavy atom. The number of hydrogen-bond acceptors (Lipinski definition) is 3. The number of amides is 1. The van der Waals surface area contributed by atoms with Crippen LogP contribution >= 0.6 is 0 Å². The molecular formula is C19H30BNO3. The predicted molar refractivity (Wildman–Crippen MR) is 98.1 cm³/mol. The molecule has 1 rings (SSSR count). The van der Waals surface area contributed by atoms with Gasteiger partial charge in [-0.25, -0.2) is 0 Å². The minimum atomic E-state index is -0.309. The Kier molecular flexibility index (Phi) is 9.08. The van der Waals surface area contributed by atoms with Crippen LogP contribution in [0.2, 0.25) is 0 Å². The summed E-state index contributed by atoms with van der Waals surface area (Å²) in [5.41, 5.74) is 3.32. The molecule has 2 radical (unpaired) electrons. The summed E-state index contributed by atoms with van der Waals surface area (Å²) < 4.78 is 11.1. The average Bonchev–Trinajstić information content (AvgIpc) is 2.49. The van der Waals surface area contributed by atoms with E-state index in [4.69, 9.17) is 17.3 Å². The molecule has 5 heteroatoms. The van der Waals surface area contributed by atoms with Crippen molar-refractivity contribution in [1.29, 1.82) is 0 Å². The standard InChI is InChI=1S/C19H30BNO3/c1-13(2)23-10-6-7-19(22)21-12-17-9-8-14(3)18(11-17)15(4)24-16(5)20/h8-9,11,13,15-16H,6-7,10,12H2,1-5H3,(H,21,22). The van der Waals surface area contributed by atoms with Crippen molar-refractivity contribution in [3.05, 3.63) is 34.9 Å². The second kappa shape index (κ2) is 10.5. The molecule has 0 spiro atoms. The summed E-state index contributed by atoms with van der Waals surface area (Å²) in [6.45, 7) is 11.0. The predicted octanol–water partition coefficient (Wildman–Crippen LogP) is 3.41. The molecule has 0 saturated heterocycles. The molecule has 1 aromatic rings. The maximum atomic E-state index is 11.9. The van der Waals surface area contributed by atoms with Crippen molar-refractivity contribution in [3.8, 4) is 0 Å². The molecule has 0 aliphatic heterocycles. The number of carbonyl (C=O) groups is 1. The van der Waals surface area contributed by atoms with Crippen LogP contribution in [0.25, 0.3) is 0 Å². The summed E-state index contributed by atoms with van der Waals surface area (Å²) in [6.07, 6.45) is 1.35. The Balaban J connectivity index is 2.49. The summed E-state index contributed by atoms with van der Waals surface area (Å²) in [7, 11) is 5.70. The van der Waals surface area contributed by atoms with Gasteiger partial charge in [-0.15, -0.1) is 0 Å². The van der Waals surface area contributed by atoms with Crippen molar-refractivity contribution in [2.45, 2.75) is 72.2 Å². The SMILES string of the molecule is [B]C(C)OC(C)c1cc(CNC(=O)CCCOC(C)C)ccc1C. The van der Waals surface area contributed by atoms with E-state index in [1.165, 1.54) is 0 Å². The van der Waals surface area contributed by atoms with E-state index in [0.717, 1.165) is 23.1 Å². The van der Waals surface area contributed by atoms with E-state index in [9.17, 15) is 4.79 Å². The van der Waals surface area contributed by atoms with E-state index in [1.54, 1.807) is 0 Å². The molecule has 2 atom stereocenters. The molecule has 24 heavy (non-hydrogen) atoms. The van der Waals surface area contributed by atoms with Gasteiger partial charge in [0.05, 0.1) is 12.2 Å². The summed E-state index contributed by atoms with van der Waals surface area (Å²) in [5.74, 6) is 0.0457. The molecule has 0 aliphatic carbocycles. The van der Waals surface area contributed by atoms with E-state index in [2.05, 4.69) is 11.4 Å². The van der Waals surface area contributed by atoms with E-state index in [-0.39, 0.29) is 24.1 Å². The van der Waals surface area contributed by atoms with Crippen molar-refractivity contribution in [2.75, 3.05) is 6.61 Å². The Morgan fingerprint density at radius 3 is 2.58 bits per heavy atom. The summed E-state index contributed by atoms with van der Waals surface area (Å²) in [4.78, 5) is 11.9. The number of nitrogens with one attached hydrogen (secondary N) is 1. The number of carbonyl (C=O) groups excluding carboxylic acids is 1. The third-order valence-electron chi connectivity index (χ3n) is 3.69. The lowest BCUT2D eigenvalue weighted by atomic mass is 9.98. The van der Waals surface area contributed by atoms with Crippen LogP contribution in [0.4, 0.5) is 0 Å². The molecule has 0 bridgehead atoms. The van der Waals surface area contributed by atoms with Gasteiger partial charge in [-0.2, -0.15) is 0 Å². The number of aryl methyl sites for hydroxylation is 1. The third-order valence-corrected chi connectivity index (χ3v) is 3.69. The fourth-order valence-corrected chi connectivity index (χ4v) is 2.47. The first-order valence-electron chi connectivity index (χ1n) is 8.68. The largest absolute Gasteiger partial charge is 0.381 e. The zero-order valence-electron chi connectivity index (χ0n) is 15.6. The van der Waals surface area contributed by atoms with Crippen molar-refractivity contribution >= 4 is 13.8 Å². The number of benzene rings is 1. The molecule has 0 fully saturated rings. The fraction of sp³-hybridized carbons (Fsp3) is 0.632. The first-order valence-corrected chi connectivity index (χ1v) is 8.68. The third kappa shape index (κ3) is 7.98. The van der Waals surface area contributed by atoms with Crippen LogP contribution in [0.15, 0.2) is 18.2 Å². The van der Waals surface area contributed by atoms with E-state index in [1.807, 2.05) is 46.8 Å². The molecule has 0 aromatic heterocycles.